The van der Waals surface area contributed by atoms with E-state index in [1.54, 1.807) is 20.4 Å². The number of aryl methyl sites for hydroxylation is 1. The number of hydrogen-bond acceptors (Lipinski definition) is 7. The highest BCUT2D eigenvalue weighted by Crippen LogP contribution is 2.42. The molecule has 9 heteroatoms. The first-order valence-electron chi connectivity index (χ1n) is 11.1. The minimum Gasteiger partial charge on any atom is -0.495 e. The lowest BCUT2D eigenvalue weighted by molar-refractivity contribution is -0.173. The molecule has 2 unspecified atom stereocenters. The van der Waals surface area contributed by atoms with E-state index in [1.807, 2.05) is 46.9 Å². The van der Waals surface area contributed by atoms with Gasteiger partial charge in [-0.1, -0.05) is 11.2 Å². The summed E-state index contributed by atoms with van der Waals surface area (Å²) in [5.74, 6) is 0.848. The zero-order valence-electron chi connectivity index (χ0n) is 19.3. The van der Waals surface area contributed by atoms with Crippen molar-refractivity contribution in [1.82, 2.24) is 19.4 Å². The molecular weight excluding hydrogens is 437 g/mol. The van der Waals surface area contributed by atoms with Crippen LogP contribution in [0.2, 0.25) is 0 Å². The van der Waals surface area contributed by atoms with Crippen LogP contribution in [0.1, 0.15) is 36.6 Å². The normalized spacial score (nSPS) is 21.7. The fraction of sp³-hybridized carbons (Fsp3) is 0.320. The third-order valence-corrected chi connectivity index (χ3v) is 6.26. The Bertz CT molecular complexity index is 1290. The Labute approximate surface area is 197 Å². The van der Waals surface area contributed by atoms with E-state index in [2.05, 4.69) is 15.1 Å². The number of aliphatic hydroxyl groups excluding tert-OH is 1. The van der Waals surface area contributed by atoms with E-state index in [4.69, 9.17) is 9.57 Å². The van der Waals surface area contributed by atoms with E-state index in [0.717, 1.165) is 41.6 Å². The number of benzene rings is 1. The molecule has 8 nitrogen and oxygen atoms in total. The van der Waals surface area contributed by atoms with Gasteiger partial charge in [0, 0.05) is 24.5 Å². The number of amidine groups is 1. The first-order chi connectivity index (χ1) is 16.4. The maximum atomic E-state index is 14.0. The smallest absolute Gasteiger partial charge is 0.264 e. The largest absolute Gasteiger partial charge is 0.495 e. The Kier molecular flexibility index (Phi) is 5.57. The summed E-state index contributed by atoms with van der Waals surface area (Å²) < 4.78 is 21.5. The van der Waals surface area contributed by atoms with Gasteiger partial charge in [0.1, 0.15) is 17.7 Å². The lowest BCUT2D eigenvalue weighted by Gasteiger charge is -2.41. The standard InChI is InChI=1S/C25H26FN5O3/c1-16-14-30(15-28-16)22-7-6-18(10-23(22)33-3)9-19-5-4-8-31-24(19)29-34-25(31,17(2)32)20-11-21(26)13-27-12-20/h6-7,9-15,17,32H,4-5,8H2,1-3H3. The summed E-state index contributed by atoms with van der Waals surface area (Å²) in [5.41, 5.74) is 2.81. The highest BCUT2D eigenvalue weighted by molar-refractivity contribution is 6.03. The summed E-state index contributed by atoms with van der Waals surface area (Å²) in [5, 5.41) is 15.1. The maximum Gasteiger partial charge on any atom is 0.264 e. The maximum absolute atomic E-state index is 14.0. The number of aromatic nitrogens is 3. The van der Waals surface area contributed by atoms with Crippen LogP contribution in [0.4, 0.5) is 4.39 Å². The molecule has 0 bridgehead atoms. The summed E-state index contributed by atoms with van der Waals surface area (Å²) in [6.45, 7) is 4.16. The second kappa shape index (κ2) is 8.57. The predicted octanol–water partition coefficient (Wildman–Crippen LogP) is 3.78. The number of halogens is 1. The van der Waals surface area contributed by atoms with Gasteiger partial charge in [-0.25, -0.2) is 9.37 Å². The van der Waals surface area contributed by atoms with Crippen molar-refractivity contribution < 1.29 is 19.1 Å². The summed E-state index contributed by atoms with van der Waals surface area (Å²) in [6.07, 6.45) is 9.02. The Morgan fingerprint density at radius 2 is 2.15 bits per heavy atom. The van der Waals surface area contributed by atoms with Gasteiger partial charge < -0.3 is 24.1 Å². The van der Waals surface area contributed by atoms with E-state index >= 15 is 0 Å². The van der Waals surface area contributed by atoms with Crippen molar-refractivity contribution in [3.8, 4) is 11.4 Å². The van der Waals surface area contributed by atoms with Crippen molar-refractivity contribution in [2.45, 2.75) is 38.5 Å². The van der Waals surface area contributed by atoms with E-state index in [0.29, 0.717) is 23.7 Å². The number of piperidine rings is 1. The van der Waals surface area contributed by atoms with E-state index in [1.165, 1.54) is 12.3 Å². The number of pyridine rings is 1. The molecule has 2 aliphatic rings. The van der Waals surface area contributed by atoms with Gasteiger partial charge in [-0.2, -0.15) is 0 Å². The molecule has 1 N–H and O–H groups in total. The van der Waals surface area contributed by atoms with Crippen molar-refractivity contribution in [3.63, 3.8) is 0 Å². The molecule has 5 rings (SSSR count). The Hall–Kier alpha value is -3.72. The Morgan fingerprint density at radius 1 is 1.29 bits per heavy atom. The number of methoxy groups -OCH3 is 1. The van der Waals surface area contributed by atoms with E-state index < -0.39 is 17.6 Å². The molecule has 0 saturated carbocycles. The predicted molar refractivity (Wildman–Crippen MR) is 125 cm³/mol. The van der Waals surface area contributed by atoms with Crippen LogP contribution in [0, 0.1) is 12.7 Å². The van der Waals surface area contributed by atoms with Gasteiger partial charge in [0.25, 0.3) is 5.72 Å². The molecule has 1 saturated heterocycles. The minimum absolute atomic E-state index is 0.421. The van der Waals surface area contributed by atoms with Gasteiger partial charge in [0.15, 0.2) is 5.84 Å². The monoisotopic (exact) mass is 463 g/mol. The lowest BCUT2D eigenvalue weighted by Crippen LogP contribution is -2.54. The quantitative estimate of drug-likeness (QED) is 0.620. The number of aliphatic hydroxyl groups is 1. The van der Waals surface area contributed by atoms with Gasteiger partial charge in [0.05, 0.1) is 31.0 Å². The lowest BCUT2D eigenvalue weighted by atomic mass is 9.92. The summed E-state index contributed by atoms with van der Waals surface area (Å²) in [4.78, 5) is 16.0. The summed E-state index contributed by atoms with van der Waals surface area (Å²) in [6, 6.07) is 7.29. The fourth-order valence-electron chi connectivity index (χ4n) is 4.66. The molecule has 176 valence electrons. The average molecular weight is 464 g/mol. The molecule has 34 heavy (non-hydrogen) atoms. The first kappa shape index (κ1) is 22.1. The van der Waals surface area contributed by atoms with Crippen molar-refractivity contribution in [3.05, 3.63) is 77.4 Å². The SMILES string of the molecule is COc1cc(C=C2CCCN3C2=NOC3(c2cncc(F)c2)C(C)O)ccc1-n1cnc(C)c1. The number of imidazole rings is 1. The molecule has 3 aromatic rings. The van der Waals surface area contributed by atoms with Gasteiger partial charge in [-0.3, -0.25) is 4.98 Å². The van der Waals surface area contributed by atoms with Crippen molar-refractivity contribution in [2.24, 2.45) is 5.16 Å². The molecule has 2 atom stereocenters. The van der Waals surface area contributed by atoms with Gasteiger partial charge in [-0.15, -0.1) is 0 Å². The van der Waals surface area contributed by atoms with Crippen LogP contribution in [0.25, 0.3) is 11.8 Å². The van der Waals surface area contributed by atoms with Crippen LogP contribution in [0.15, 0.2) is 59.9 Å². The molecule has 0 radical (unpaired) electrons. The molecular formula is C25H26FN5O3. The van der Waals surface area contributed by atoms with E-state index in [9.17, 15) is 9.50 Å². The molecule has 2 aromatic heterocycles. The zero-order chi connectivity index (χ0) is 23.9. The topological polar surface area (TPSA) is 85.0 Å². The Balaban J connectivity index is 1.50. The number of oxime groups is 1. The summed E-state index contributed by atoms with van der Waals surface area (Å²) in [7, 11) is 1.64. The molecule has 2 aliphatic heterocycles. The zero-order valence-corrected chi connectivity index (χ0v) is 19.3. The number of hydrogen-bond donors (Lipinski definition) is 1. The Morgan fingerprint density at radius 3 is 2.85 bits per heavy atom. The molecule has 1 aromatic carbocycles. The van der Waals surface area contributed by atoms with Crippen LogP contribution in [-0.4, -0.2) is 50.1 Å². The van der Waals surface area contributed by atoms with Crippen LogP contribution in [0.3, 0.4) is 0 Å². The molecule has 0 amide bonds. The second-order valence-electron chi connectivity index (χ2n) is 8.55. The molecule has 0 spiro atoms. The van der Waals surface area contributed by atoms with Gasteiger partial charge in [-0.05, 0) is 62.1 Å². The average Bonchev–Trinajstić information content (AvgIpc) is 3.44. The van der Waals surface area contributed by atoms with Crippen LogP contribution >= 0.6 is 0 Å². The number of rotatable bonds is 5. The molecule has 4 heterocycles. The molecule has 1 fully saturated rings. The van der Waals surface area contributed by atoms with Gasteiger partial charge in [0.2, 0.25) is 0 Å². The van der Waals surface area contributed by atoms with Crippen molar-refractivity contribution in [1.29, 1.82) is 0 Å². The fourth-order valence-corrected chi connectivity index (χ4v) is 4.66. The number of fused-ring (bicyclic) bond motifs is 1. The first-order valence-corrected chi connectivity index (χ1v) is 11.1. The van der Waals surface area contributed by atoms with Crippen LogP contribution in [-0.2, 0) is 10.6 Å². The van der Waals surface area contributed by atoms with Crippen LogP contribution in [0.5, 0.6) is 5.75 Å². The molecule has 0 aliphatic carbocycles. The minimum atomic E-state index is -1.33. The van der Waals surface area contributed by atoms with Crippen molar-refractivity contribution >= 4 is 11.9 Å². The van der Waals surface area contributed by atoms with Crippen molar-refractivity contribution in [2.75, 3.05) is 13.7 Å². The summed E-state index contributed by atoms with van der Waals surface area (Å²) >= 11 is 0. The second-order valence-corrected chi connectivity index (χ2v) is 8.55. The number of ether oxygens (including phenoxy) is 1. The third-order valence-electron chi connectivity index (χ3n) is 6.26. The highest BCUT2D eigenvalue weighted by atomic mass is 19.1. The third kappa shape index (κ3) is 3.62. The highest BCUT2D eigenvalue weighted by Gasteiger charge is 2.53. The number of nitrogens with zero attached hydrogens (tertiary/aromatic N) is 5. The van der Waals surface area contributed by atoms with Gasteiger partial charge >= 0.3 is 0 Å². The van der Waals surface area contributed by atoms with E-state index in [-0.39, 0.29) is 0 Å². The van der Waals surface area contributed by atoms with Crippen LogP contribution < -0.4 is 4.74 Å².